The Morgan fingerprint density at radius 3 is 0.676 bits per heavy atom. The minimum absolute atomic E-state index is 0.855. The van der Waals surface area contributed by atoms with Crippen molar-refractivity contribution in [2.75, 3.05) is 0 Å². The van der Waals surface area contributed by atoms with Crippen molar-refractivity contribution in [1.29, 1.82) is 0 Å². The van der Waals surface area contributed by atoms with Gasteiger partial charge in [-0.3, -0.25) is 0 Å². The molecule has 0 bridgehead atoms. The van der Waals surface area contributed by atoms with Gasteiger partial charge in [-0.25, -0.2) is 0 Å². The normalized spacial score (nSPS) is 18.5. The average molecular weight is 619 g/mol. The van der Waals surface area contributed by atoms with Crippen LogP contribution in [0.2, 0.25) is 130 Å². The van der Waals surface area contributed by atoms with Crippen LogP contribution in [-0.4, -0.2) is 67.5 Å². The predicted molar refractivity (Wildman–Crippen MR) is 168 cm³/mol. The van der Waals surface area contributed by atoms with E-state index < -0.39 is 67.5 Å². The Balaban J connectivity index is 5.99. The van der Waals surface area contributed by atoms with Gasteiger partial charge < -0.3 is 24.7 Å². The molecule has 0 aromatic rings. The molecular weight excluding hydrogens is 561 g/mol. The van der Waals surface area contributed by atoms with E-state index in [2.05, 4.69) is 118 Å². The lowest BCUT2D eigenvalue weighted by Gasteiger charge is -2.44. The van der Waals surface area contributed by atoms with Crippen LogP contribution in [0.15, 0.2) is 0 Å². The van der Waals surface area contributed by atoms with Crippen LogP contribution < -0.4 is 0 Å². The van der Waals surface area contributed by atoms with Gasteiger partial charge in [0.1, 0.15) is 0 Å². The van der Waals surface area contributed by atoms with Crippen LogP contribution in [0.3, 0.4) is 0 Å². The zero-order valence-corrected chi connectivity index (χ0v) is 33.9. The fourth-order valence-corrected chi connectivity index (χ4v) is 42.5. The molecule has 0 aliphatic carbocycles. The molecular formula is C20H58O6Si8. The molecule has 0 aromatic heterocycles. The van der Waals surface area contributed by atoms with Gasteiger partial charge in [0.05, 0.1) is 0 Å². The van der Waals surface area contributed by atoms with Crippen molar-refractivity contribution in [2.24, 2.45) is 0 Å². The first kappa shape index (κ1) is 35.5. The lowest BCUT2D eigenvalue weighted by molar-refractivity contribution is 0.310. The fourth-order valence-electron chi connectivity index (χ4n) is 4.55. The maximum atomic E-state index is 6.93. The molecule has 0 spiro atoms. The Hall–Kier alpha value is 1.50. The molecule has 0 fully saturated rings. The molecule has 0 amide bonds. The third kappa shape index (κ3) is 17.9. The highest BCUT2D eigenvalue weighted by Gasteiger charge is 2.49. The van der Waals surface area contributed by atoms with E-state index in [1.54, 1.807) is 0 Å². The summed E-state index contributed by atoms with van der Waals surface area (Å²) >= 11 is 0. The summed E-state index contributed by atoms with van der Waals surface area (Å²) in [4.78, 5) is 0. The van der Waals surface area contributed by atoms with Crippen molar-refractivity contribution in [3.8, 4) is 0 Å². The second-order valence-electron chi connectivity index (χ2n) is 14.6. The second-order valence-corrected chi connectivity index (χ2v) is 47.6. The van der Waals surface area contributed by atoms with E-state index in [0.717, 1.165) is 12.1 Å². The largest absolute Gasteiger partial charge is 0.437 e. The zero-order valence-electron chi connectivity index (χ0n) is 25.9. The van der Waals surface area contributed by atoms with E-state index in [-0.39, 0.29) is 0 Å². The Labute approximate surface area is 221 Å². The van der Waals surface area contributed by atoms with E-state index in [0.29, 0.717) is 0 Å². The predicted octanol–water partition coefficient (Wildman–Crippen LogP) is 7.97. The van der Waals surface area contributed by atoms with Crippen molar-refractivity contribution in [3.63, 3.8) is 0 Å². The SMILES string of the molecule is C[Si](C)(C)O[Si](C)(C)O[Si](C)(CC[Si](C)(O[Si](C)(C)C)O[Si](C)(C)O[Si](C)(C)C)O[Si](C)(C)C. The van der Waals surface area contributed by atoms with Gasteiger partial charge in [0.2, 0.25) is 0 Å². The van der Waals surface area contributed by atoms with Crippen LogP contribution >= 0.6 is 0 Å². The molecule has 0 saturated heterocycles. The van der Waals surface area contributed by atoms with Crippen LogP contribution in [0.25, 0.3) is 0 Å². The minimum atomic E-state index is -2.53. The van der Waals surface area contributed by atoms with Crippen LogP contribution in [-0.2, 0) is 24.7 Å². The third-order valence-corrected chi connectivity index (χ3v) is 31.5. The first-order valence-electron chi connectivity index (χ1n) is 12.7. The molecule has 2 unspecified atom stereocenters. The van der Waals surface area contributed by atoms with Crippen LogP contribution in [0.5, 0.6) is 0 Å². The van der Waals surface area contributed by atoms with Gasteiger partial charge in [0, 0.05) is 0 Å². The van der Waals surface area contributed by atoms with Gasteiger partial charge in [-0.1, -0.05) is 0 Å². The quantitative estimate of drug-likeness (QED) is 0.173. The van der Waals surface area contributed by atoms with E-state index in [4.69, 9.17) is 24.7 Å². The van der Waals surface area contributed by atoms with Crippen molar-refractivity contribution in [3.05, 3.63) is 0 Å². The number of rotatable bonds is 15. The second kappa shape index (κ2) is 11.7. The lowest BCUT2D eigenvalue weighted by atomic mass is 10.9. The molecule has 0 heterocycles. The first-order chi connectivity index (χ1) is 14.4. The van der Waals surface area contributed by atoms with Crippen LogP contribution in [0.1, 0.15) is 0 Å². The summed E-state index contributed by atoms with van der Waals surface area (Å²) in [7, 11) is -16.9. The maximum absolute atomic E-state index is 6.93. The minimum Gasteiger partial charge on any atom is -0.437 e. The highest BCUT2D eigenvalue weighted by molar-refractivity contribution is 6.92. The molecule has 0 aromatic carbocycles. The van der Waals surface area contributed by atoms with Gasteiger partial charge in [0.15, 0.2) is 33.3 Å². The summed E-state index contributed by atoms with van der Waals surface area (Å²) in [5.74, 6) is 0. The van der Waals surface area contributed by atoms with Gasteiger partial charge in [0.25, 0.3) is 0 Å². The molecule has 0 saturated carbocycles. The summed E-state index contributed by atoms with van der Waals surface area (Å²) in [5.41, 5.74) is 0. The van der Waals surface area contributed by atoms with Crippen molar-refractivity contribution in [1.82, 2.24) is 0 Å². The highest BCUT2D eigenvalue weighted by Crippen LogP contribution is 2.33. The number of hydrogen-bond donors (Lipinski definition) is 0. The molecule has 34 heavy (non-hydrogen) atoms. The molecule has 0 N–H and O–H groups in total. The van der Waals surface area contributed by atoms with Crippen LogP contribution in [0, 0.1) is 0 Å². The number of hydrogen-bond acceptors (Lipinski definition) is 6. The molecule has 2 atom stereocenters. The van der Waals surface area contributed by atoms with Gasteiger partial charge in [-0.2, -0.15) is 0 Å². The smallest absolute Gasteiger partial charge is 0.315 e. The molecule has 0 rings (SSSR count). The summed E-state index contributed by atoms with van der Waals surface area (Å²) in [6.07, 6.45) is 0. The van der Waals surface area contributed by atoms with Crippen LogP contribution in [0.4, 0.5) is 0 Å². The fraction of sp³-hybridized carbons (Fsp3) is 1.00. The lowest BCUT2D eigenvalue weighted by Crippen LogP contribution is -2.60. The van der Waals surface area contributed by atoms with Crippen molar-refractivity contribution in [2.45, 2.75) is 130 Å². The van der Waals surface area contributed by atoms with E-state index in [1.807, 2.05) is 0 Å². The Kier molecular flexibility index (Phi) is 12.2. The molecule has 0 radical (unpaired) electrons. The third-order valence-electron chi connectivity index (χ3n) is 4.10. The standard InChI is InChI=1S/C20H58O6Si8/c1-27(2,3)21-31(13,14)25-33(17,23-29(7,8)9)19-20-34(18,24-30(10,11)12)26-32(15,16)22-28(4,5)6/h19-20H2,1-18H3. The molecule has 14 heteroatoms. The summed E-state index contributed by atoms with van der Waals surface area (Å²) in [6, 6.07) is 1.71. The monoisotopic (exact) mass is 618 g/mol. The highest BCUT2D eigenvalue weighted by atomic mass is 28.5. The van der Waals surface area contributed by atoms with Crippen molar-refractivity contribution >= 4 is 67.5 Å². The van der Waals surface area contributed by atoms with Gasteiger partial charge in [-0.05, 0) is 130 Å². The molecule has 0 aliphatic heterocycles. The summed E-state index contributed by atoms with van der Waals surface area (Å²) in [5, 5.41) is 0. The first-order valence-corrected chi connectivity index (χ1v) is 37.0. The molecule has 6 nitrogen and oxygen atoms in total. The summed E-state index contributed by atoms with van der Waals surface area (Å²) in [6.45, 7) is 40.0. The summed E-state index contributed by atoms with van der Waals surface area (Å²) < 4.78 is 40.7. The average Bonchev–Trinajstić information content (AvgIpc) is 2.33. The maximum Gasteiger partial charge on any atom is 0.315 e. The zero-order chi connectivity index (χ0) is 27.7. The Bertz CT molecular complexity index is 595. The topological polar surface area (TPSA) is 55.4 Å². The molecule has 0 aliphatic rings. The Morgan fingerprint density at radius 1 is 0.294 bits per heavy atom. The van der Waals surface area contributed by atoms with Gasteiger partial charge >= 0.3 is 34.2 Å². The van der Waals surface area contributed by atoms with Gasteiger partial charge in [-0.15, -0.1) is 0 Å². The van der Waals surface area contributed by atoms with E-state index >= 15 is 0 Å². The Morgan fingerprint density at radius 2 is 0.500 bits per heavy atom. The molecule has 206 valence electrons. The van der Waals surface area contributed by atoms with E-state index in [1.165, 1.54) is 0 Å². The van der Waals surface area contributed by atoms with Crippen molar-refractivity contribution < 1.29 is 24.7 Å². The van der Waals surface area contributed by atoms with E-state index in [9.17, 15) is 0 Å².